The summed E-state index contributed by atoms with van der Waals surface area (Å²) in [4.78, 5) is 3.92. The zero-order chi connectivity index (χ0) is 13.9. The minimum atomic E-state index is -4.31. The summed E-state index contributed by atoms with van der Waals surface area (Å²) in [5, 5.41) is 4.34. The van der Waals surface area contributed by atoms with Crippen molar-refractivity contribution in [3.05, 3.63) is 23.9 Å². The fourth-order valence-corrected chi connectivity index (χ4v) is 3.63. The molecule has 1 fully saturated rings. The average Bonchev–Trinajstić information content (AvgIpc) is 2.39. The van der Waals surface area contributed by atoms with E-state index < -0.39 is 11.7 Å². The molecule has 1 saturated carbocycles. The van der Waals surface area contributed by atoms with Crippen molar-refractivity contribution in [2.45, 2.75) is 48.2 Å². The van der Waals surface area contributed by atoms with Crippen molar-refractivity contribution in [1.82, 2.24) is 10.3 Å². The fraction of sp³-hybridized carbons (Fsp3) is 0.615. The number of thioether (sulfide) groups is 1. The van der Waals surface area contributed by atoms with Gasteiger partial charge in [-0.2, -0.15) is 13.2 Å². The number of halogens is 3. The third-order valence-corrected chi connectivity index (χ3v) is 4.76. The van der Waals surface area contributed by atoms with E-state index in [1.165, 1.54) is 18.9 Å². The minimum Gasteiger partial charge on any atom is -0.316 e. The van der Waals surface area contributed by atoms with Gasteiger partial charge in [-0.05, 0) is 32.0 Å². The highest BCUT2D eigenvalue weighted by atomic mass is 32.2. The molecule has 106 valence electrons. The normalized spacial score (nSPS) is 24.4. The van der Waals surface area contributed by atoms with Gasteiger partial charge < -0.3 is 5.32 Å². The second-order valence-corrected chi connectivity index (χ2v) is 5.98. The number of nitrogens with one attached hydrogen (secondary N) is 1. The third-order valence-electron chi connectivity index (χ3n) is 3.41. The quantitative estimate of drug-likeness (QED) is 0.918. The van der Waals surface area contributed by atoms with E-state index in [1.54, 1.807) is 11.8 Å². The van der Waals surface area contributed by atoms with Gasteiger partial charge in [0.25, 0.3) is 0 Å². The van der Waals surface area contributed by atoms with Crippen LogP contribution in [0.3, 0.4) is 0 Å². The highest BCUT2D eigenvalue weighted by Gasteiger charge is 2.31. The maximum absolute atomic E-state index is 12.4. The number of hydrogen-bond donors (Lipinski definition) is 1. The maximum atomic E-state index is 12.4. The first-order chi connectivity index (χ1) is 9.00. The molecule has 2 atom stereocenters. The molecule has 0 radical (unpaired) electrons. The lowest BCUT2D eigenvalue weighted by Crippen LogP contribution is -2.38. The molecular weight excluding hydrogens is 273 g/mol. The van der Waals surface area contributed by atoms with Crippen LogP contribution in [0.2, 0.25) is 0 Å². The van der Waals surface area contributed by atoms with Crippen molar-refractivity contribution in [2.75, 3.05) is 7.05 Å². The lowest BCUT2D eigenvalue weighted by Gasteiger charge is -2.30. The average molecular weight is 290 g/mol. The molecule has 2 unspecified atom stereocenters. The Morgan fingerprint density at radius 3 is 2.58 bits per heavy atom. The molecule has 1 aliphatic carbocycles. The maximum Gasteiger partial charge on any atom is 0.417 e. The molecular formula is C13H17F3N2S. The van der Waals surface area contributed by atoms with Crippen molar-refractivity contribution < 1.29 is 13.2 Å². The minimum absolute atomic E-state index is 0.392. The molecule has 1 aliphatic rings. The number of aromatic nitrogens is 1. The topological polar surface area (TPSA) is 24.9 Å². The molecule has 0 aromatic carbocycles. The Balaban J connectivity index is 2.02. The van der Waals surface area contributed by atoms with E-state index >= 15 is 0 Å². The molecule has 1 N–H and O–H groups in total. The zero-order valence-electron chi connectivity index (χ0n) is 10.7. The summed E-state index contributed by atoms with van der Waals surface area (Å²) in [6.45, 7) is 0. The van der Waals surface area contributed by atoms with E-state index in [0.29, 0.717) is 16.3 Å². The lowest BCUT2D eigenvalue weighted by molar-refractivity contribution is -0.137. The van der Waals surface area contributed by atoms with Gasteiger partial charge in [-0.25, -0.2) is 4.98 Å². The summed E-state index contributed by atoms with van der Waals surface area (Å²) < 4.78 is 37.3. The number of hydrogen-bond acceptors (Lipinski definition) is 3. The van der Waals surface area contributed by atoms with Crippen LogP contribution in [0.15, 0.2) is 23.4 Å². The number of nitrogens with zero attached hydrogens (tertiary/aromatic N) is 1. The van der Waals surface area contributed by atoms with Gasteiger partial charge in [0.1, 0.15) is 0 Å². The zero-order valence-corrected chi connectivity index (χ0v) is 11.5. The Kier molecular flexibility index (Phi) is 4.73. The summed E-state index contributed by atoms with van der Waals surface area (Å²) in [5.41, 5.74) is -0.689. The van der Waals surface area contributed by atoms with E-state index in [2.05, 4.69) is 10.3 Å². The second-order valence-electron chi connectivity index (χ2n) is 4.72. The van der Waals surface area contributed by atoms with Crippen molar-refractivity contribution in [3.63, 3.8) is 0 Å². The number of pyridine rings is 1. The molecule has 2 nitrogen and oxygen atoms in total. The van der Waals surface area contributed by atoms with E-state index in [-0.39, 0.29) is 0 Å². The molecule has 2 rings (SSSR count). The molecule has 0 aliphatic heterocycles. The van der Waals surface area contributed by atoms with E-state index in [9.17, 15) is 13.2 Å². The molecule has 6 heteroatoms. The van der Waals surface area contributed by atoms with Gasteiger partial charge in [0, 0.05) is 17.5 Å². The summed E-state index contributed by atoms with van der Waals surface area (Å²) in [7, 11) is 1.93. The van der Waals surface area contributed by atoms with E-state index in [1.807, 2.05) is 7.05 Å². The Hall–Kier alpha value is -0.750. The highest BCUT2D eigenvalue weighted by molar-refractivity contribution is 7.99. The van der Waals surface area contributed by atoms with Gasteiger partial charge in [-0.1, -0.05) is 12.8 Å². The van der Waals surface area contributed by atoms with Crippen molar-refractivity contribution in [3.8, 4) is 0 Å². The smallest absolute Gasteiger partial charge is 0.316 e. The first kappa shape index (κ1) is 14.7. The van der Waals surface area contributed by atoms with Gasteiger partial charge in [-0.3, -0.25) is 0 Å². The molecule has 1 aromatic rings. The molecule has 1 heterocycles. The largest absolute Gasteiger partial charge is 0.417 e. The van der Waals surface area contributed by atoms with Gasteiger partial charge >= 0.3 is 6.18 Å². The van der Waals surface area contributed by atoms with Crippen LogP contribution in [-0.2, 0) is 6.18 Å². The van der Waals surface area contributed by atoms with Gasteiger partial charge in [0.05, 0.1) is 10.6 Å². The standard InChI is InChI=1S/C13H17F3N2S/c1-17-10-4-2-3-5-11(10)19-12-7-6-9(8-18-12)13(14,15)16/h6-8,10-11,17H,2-5H2,1H3. The third kappa shape index (κ3) is 3.86. The first-order valence-electron chi connectivity index (χ1n) is 6.38. The van der Waals surface area contributed by atoms with Crippen LogP contribution < -0.4 is 5.32 Å². The SMILES string of the molecule is CNC1CCCCC1Sc1ccc(C(F)(F)F)cn1. The van der Waals surface area contributed by atoms with Crippen LogP contribution in [0.1, 0.15) is 31.2 Å². The highest BCUT2D eigenvalue weighted by Crippen LogP contribution is 2.34. The predicted octanol–water partition coefficient (Wildman–Crippen LogP) is 3.72. The van der Waals surface area contributed by atoms with Crippen molar-refractivity contribution in [2.24, 2.45) is 0 Å². The summed E-state index contributed by atoms with van der Waals surface area (Å²) >= 11 is 1.58. The van der Waals surface area contributed by atoms with Crippen molar-refractivity contribution in [1.29, 1.82) is 0 Å². The Bertz CT molecular complexity index is 405. The molecule has 0 saturated heterocycles. The van der Waals surface area contributed by atoms with Gasteiger partial charge in [0.2, 0.25) is 0 Å². The monoisotopic (exact) mass is 290 g/mol. The summed E-state index contributed by atoms with van der Waals surface area (Å²) in [6, 6.07) is 2.99. The Morgan fingerprint density at radius 1 is 1.26 bits per heavy atom. The van der Waals surface area contributed by atoms with Crippen LogP contribution in [0.5, 0.6) is 0 Å². The fourth-order valence-electron chi connectivity index (χ4n) is 2.34. The van der Waals surface area contributed by atoms with Crippen LogP contribution in [-0.4, -0.2) is 23.3 Å². The van der Waals surface area contributed by atoms with Crippen LogP contribution in [0.4, 0.5) is 13.2 Å². The van der Waals surface area contributed by atoms with Crippen molar-refractivity contribution >= 4 is 11.8 Å². The lowest BCUT2D eigenvalue weighted by atomic mass is 9.95. The first-order valence-corrected chi connectivity index (χ1v) is 7.26. The van der Waals surface area contributed by atoms with Crippen LogP contribution in [0.25, 0.3) is 0 Å². The van der Waals surface area contributed by atoms with Crippen LogP contribution in [0, 0.1) is 0 Å². The molecule has 0 spiro atoms. The number of rotatable bonds is 3. The molecule has 0 amide bonds. The molecule has 1 aromatic heterocycles. The van der Waals surface area contributed by atoms with Crippen LogP contribution >= 0.6 is 11.8 Å². The summed E-state index contributed by atoms with van der Waals surface area (Å²) in [5.74, 6) is 0. The summed E-state index contributed by atoms with van der Waals surface area (Å²) in [6.07, 6.45) is 1.20. The van der Waals surface area contributed by atoms with Gasteiger partial charge in [0.15, 0.2) is 0 Å². The van der Waals surface area contributed by atoms with Gasteiger partial charge in [-0.15, -0.1) is 11.8 Å². The van der Waals surface area contributed by atoms with E-state index in [0.717, 1.165) is 25.1 Å². The molecule has 19 heavy (non-hydrogen) atoms. The Labute approximate surface area is 115 Å². The predicted molar refractivity (Wildman–Crippen MR) is 70.2 cm³/mol. The number of alkyl halides is 3. The van der Waals surface area contributed by atoms with E-state index in [4.69, 9.17) is 0 Å². The Morgan fingerprint density at radius 2 is 2.00 bits per heavy atom. The second kappa shape index (κ2) is 6.13. The molecule has 0 bridgehead atoms.